The van der Waals surface area contributed by atoms with Crippen molar-refractivity contribution < 1.29 is 0 Å². The van der Waals surface area contributed by atoms with Gasteiger partial charge in [0.25, 0.3) is 0 Å². The Hall–Kier alpha value is -0.580. The lowest BCUT2D eigenvalue weighted by Gasteiger charge is -2.27. The number of hydrogen-bond donors (Lipinski definition) is 1. The van der Waals surface area contributed by atoms with Gasteiger partial charge < -0.3 is 15.5 Å². The highest BCUT2D eigenvalue weighted by Gasteiger charge is 2.22. The lowest BCUT2D eigenvalue weighted by atomic mass is 10.0. The maximum atomic E-state index is 6.08. The number of halogens is 1. The summed E-state index contributed by atoms with van der Waals surface area (Å²) in [5, 5.41) is 0. The van der Waals surface area contributed by atoms with Crippen LogP contribution >= 0.6 is 15.9 Å². The third-order valence-corrected chi connectivity index (χ3v) is 4.41. The lowest BCUT2D eigenvalue weighted by molar-refractivity contribution is 0.396. The average Bonchev–Trinajstić information content (AvgIpc) is 2.74. The molecule has 0 saturated carbocycles. The first-order valence-electron chi connectivity index (χ1n) is 6.92. The lowest BCUT2D eigenvalue weighted by Crippen LogP contribution is -2.28. The van der Waals surface area contributed by atoms with Crippen molar-refractivity contribution in [3.8, 4) is 0 Å². The van der Waals surface area contributed by atoms with Gasteiger partial charge in [0, 0.05) is 36.3 Å². The molecular weight excluding hydrogens is 302 g/mol. The SMILES string of the molecule is CC(N)c1ccc(Br)cc1N(C)CC1CCN(C)C1. The highest BCUT2D eigenvalue weighted by atomic mass is 79.9. The van der Waals surface area contributed by atoms with E-state index in [2.05, 4.69) is 58.0 Å². The van der Waals surface area contributed by atoms with E-state index < -0.39 is 0 Å². The van der Waals surface area contributed by atoms with E-state index in [1.165, 1.54) is 30.8 Å². The molecule has 2 unspecified atom stereocenters. The summed E-state index contributed by atoms with van der Waals surface area (Å²) in [5.41, 5.74) is 8.55. The molecule has 0 radical (unpaired) electrons. The van der Waals surface area contributed by atoms with Gasteiger partial charge in [-0.15, -0.1) is 0 Å². The van der Waals surface area contributed by atoms with Crippen LogP contribution in [0.1, 0.15) is 24.9 Å². The molecular formula is C15H24BrN3. The van der Waals surface area contributed by atoms with Gasteiger partial charge in [-0.05, 0) is 50.6 Å². The fourth-order valence-electron chi connectivity index (χ4n) is 2.89. The van der Waals surface area contributed by atoms with Crippen molar-refractivity contribution in [1.29, 1.82) is 0 Å². The van der Waals surface area contributed by atoms with Crippen LogP contribution in [0.15, 0.2) is 22.7 Å². The molecule has 0 bridgehead atoms. The van der Waals surface area contributed by atoms with E-state index in [0.29, 0.717) is 0 Å². The monoisotopic (exact) mass is 325 g/mol. The van der Waals surface area contributed by atoms with Crippen molar-refractivity contribution in [1.82, 2.24) is 4.90 Å². The molecule has 1 saturated heterocycles. The predicted octanol–water partition coefficient (Wildman–Crippen LogP) is 2.86. The Bertz CT molecular complexity index is 433. The minimum atomic E-state index is 0.0665. The molecule has 106 valence electrons. The summed E-state index contributed by atoms with van der Waals surface area (Å²) < 4.78 is 1.11. The number of nitrogens with zero attached hydrogens (tertiary/aromatic N) is 2. The molecule has 1 aliphatic heterocycles. The van der Waals surface area contributed by atoms with Crippen molar-refractivity contribution >= 4 is 21.6 Å². The van der Waals surface area contributed by atoms with Crippen molar-refractivity contribution in [2.45, 2.75) is 19.4 Å². The number of benzene rings is 1. The molecule has 1 fully saturated rings. The average molecular weight is 326 g/mol. The zero-order valence-corrected chi connectivity index (χ0v) is 13.7. The summed E-state index contributed by atoms with van der Waals surface area (Å²) in [6.07, 6.45) is 1.29. The summed E-state index contributed by atoms with van der Waals surface area (Å²) in [6, 6.07) is 6.44. The Morgan fingerprint density at radius 3 is 2.84 bits per heavy atom. The van der Waals surface area contributed by atoms with E-state index in [4.69, 9.17) is 5.73 Å². The Morgan fingerprint density at radius 2 is 2.26 bits per heavy atom. The number of rotatable bonds is 4. The molecule has 1 aromatic carbocycles. The van der Waals surface area contributed by atoms with Crippen molar-refractivity contribution in [2.75, 3.05) is 38.6 Å². The zero-order valence-electron chi connectivity index (χ0n) is 12.1. The van der Waals surface area contributed by atoms with Crippen LogP contribution in [0.3, 0.4) is 0 Å². The molecule has 2 rings (SSSR count). The fourth-order valence-corrected chi connectivity index (χ4v) is 3.24. The van der Waals surface area contributed by atoms with Crippen molar-refractivity contribution in [3.05, 3.63) is 28.2 Å². The number of hydrogen-bond acceptors (Lipinski definition) is 3. The minimum absolute atomic E-state index is 0.0665. The van der Waals surface area contributed by atoms with Gasteiger partial charge in [-0.25, -0.2) is 0 Å². The smallest absolute Gasteiger partial charge is 0.0423 e. The van der Waals surface area contributed by atoms with Crippen LogP contribution in [0, 0.1) is 5.92 Å². The van der Waals surface area contributed by atoms with E-state index in [0.717, 1.165) is 16.9 Å². The molecule has 2 N–H and O–H groups in total. The summed E-state index contributed by atoms with van der Waals surface area (Å²) in [5.74, 6) is 0.759. The second kappa shape index (κ2) is 6.25. The van der Waals surface area contributed by atoms with Crippen LogP contribution in [0.25, 0.3) is 0 Å². The maximum Gasteiger partial charge on any atom is 0.0423 e. The van der Waals surface area contributed by atoms with E-state index in [-0.39, 0.29) is 6.04 Å². The van der Waals surface area contributed by atoms with Gasteiger partial charge in [0.05, 0.1) is 0 Å². The molecule has 3 nitrogen and oxygen atoms in total. The largest absolute Gasteiger partial charge is 0.374 e. The first kappa shape index (κ1) is 14.8. The minimum Gasteiger partial charge on any atom is -0.374 e. The van der Waals surface area contributed by atoms with Crippen LogP contribution in [-0.4, -0.2) is 38.6 Å². The Balaban J connectivity index is 2.13. The van der Waals surface area contributed by atoms with Gasteiger partial charge in [-0.2, -0.15) is 0 Å². The van der Waals surface area contributed by atoms with Crippen molar-refractivity contribution in [2.24, 2.45) is 11.7 Å². The van der Waals surface area contributed by atoms with Gasteiger partial charge in [-0.1, -0.05) is 22.0 Å². The fraction of sp³-hybridized carbons (Fsp3) is 0.600. The Kier molecular flexibility index (Phi) is 4.87. The molecule has 19 heavy (non-hydrogen) atoms. The standard InChI is InChI=1S/C15H24BrN3/c1-11(17)14-5-4-13(16)8-15(14)19(3)10-12-6-7-18(2)9-12/h4-5,8,11-12H,6-7,9-10,17H2,1-3H3. The quantitative estimate of drug-likeness (QED) is 0.923. The first-order chi connectivity index (χ1) is 8.97. The predicted molar refractivity (Wildman–Crippen MR) is 85.6 cm³/mol. The van der Waals surface area contributed by atoms with Gasteiger partial charge in [-0.3, -0.25) is 0 Å². The van der Waals surface area contributed by atoms with Crippen LogP contribution in [0.5, 0.6) is 0 Å². The summed E-state index contributed by atoms with van der Waals surface area (Å²) in [6.45, 7) is 5.56. The normalized spacial score (nSPS) is 21.6. The molecule has 2 atom stereocenters. The highest BCUT2D eigenvalue weighted by molar-refractivity contribution is 9.10. The van der Waals surface area contributed by atoms with E-state index in [1.807, 2.05) is 6.92 Å². The second-order valence-electron chi connectivity index (χ2n) is 5.79. The van der Waals surface area contributed by atoms with Crippen LogP contribution in [0.4, 0.5) is 5.69 Å². The molecule has 0 amide bonds. The number of likely N-dealkylation sites (tertiary alicyclic amines) is 1. The first-order valence-corrected chi connectivity index (χ1v) is 7.71. The van der Waals surface area contributed by atoms with Crippen LogP contribution in [0.2, 0.25) is 0 Å². The van der Waals surface area contributed by atoms with Crippen LogP contribution in [-0.2, 0) is 0 Å². The number of anilines is 1. The molecule has 1 heterocycles. The summed E-state index contributed by atoms with van der Waals surface area (Å²) >= 11 is 3.56. The second-order valence-corrected chi connectivity index (χ2v) is 6.70. The van der Waals surface area contributed by atoms with Gasteiger partial charge in [0.15, 0.2) is 0 Å². The Morgan fingerprint density at radius 1 is 1.53 bits per heavy atom. The van der Waals surface area contributed by atoms with Gasteiger partial charge in [0.1, 0.15) is 0 Å². The Labute approximate surface area is 124 Å². The highest BCUT2D eigenvalue weighted by Crippen LogP contribution is 2.29. The van der Waals surface area contributed by atoms with E-state index in [9.17, 15) is 0 Å². The molecule has 0 spiro atoms. The molecule has 1 aromatic rings. The maximum absolute atomic E-state index is 6.08. The van der Waals surface area contributed by atoms with E-state index in [1.54, 1.807) is 0 Å². The molecule has 0 aliphatic carbocycles. The summed E-state index contributed by atoms with van der Waals surface area (Å²) in [4.78, 5) is 4.76. The zero-order chi connectivity index (χ0) is 14.0. The van der Waals surface area contributed by atoms with Gasteiger partial charge in [0.2, 0.25) is 0 Å². The van der Waals surface area contributed by atoms with Gasteiger partial charge >= 0.3 is 0 Å². The third-order valence-electron chi connectivity index (χ3n) is 3.92. The third kappa shape index (κ3) is 3.71. The number of nitrogens with two attached hydrogens (primary N) is 1. The molecule has 0 aromatic heterocycles. The summed E-state index contributed by atoms with van der Waals surface area (Å²) in [7, 11) is 4.37. The van der Waals surface area contributed by atoms with Crippen LogP contribution < -0.4 is 10.6 Å². The molecule has 1 aliphatic rings. The van der Waals surface area contributed by atoms with Crippen molar-refractivity contribution in [3.63, 3.8) is 0 Å². The molecule has 4 heteroatoms. The van der Waals surface area contributed by atoms with E-state index >= 15 is 0 Å². The topological polar surface area (TPSA) is 32.5 Å².